The summed E-state index contributed by atoms with van der Waals surface area (Å²) in [5, 5.41) is 30.6. The number of carbonyl (C=O) groups excluding carboxylic acids is 1. The van der Waals surface area contributed by atoms with E-state index >= 15 is 0 Å². The minimum atomic E-state index is -4.07. The minimum Gasteiger partial charge on any atom is -0.394 e. The van der Waals surface area contributed by atoms with Crippen LogP contribution in [0.25, 0.3) is 0 Å². The molecular formula is C25H27ClF3NO7S. The number of anilines is 1. The molecule has 0 aliphatic heterocycles. The summed E-state index contributed by atoms with van der Waals surface area (Å²) in [5.41, 5.74) is -1.80. The number of hydrogen-bond donors (Lipinski definition) is 4. The molecule has 2 aliphatic rings. The first kappa shape index (κ1) is 28.8. The molecule has 2 saturated carbocycles. The van der Waals surface area contributed by atoms with E-state index in [1.165, 1.54) is 12.1 Å². The zero-order valence-corrected chi connectivity index (χ0v) is 21.6. The summed E-state index contributed by atoms with van der Waals surface area (Å²) in [6.07, 6.45) is 0.301. The quantitative estimate of drug-likeness (QED) is 0.337. The Labute approximate surface area is 222 Å². The topological polar surface area (TPSA) is 133 Å². The number of aliphatic hydroxyl groups is 3. The summed E-state index contributed by atoms with van der Waals surface area (Å²) in [7, 11) is -4.07. The molecule has 4 N–H and O–H groups in total. The first-order chi connectivity index (χ1) is 17.8. The highest BCUT2D eigenvalue weighted by molar-refractivity contribution is 7.92. The maximum absolute atomic E-state index is 13.8. The Morgan fingerprint density at radius 2 is 1.74 bits per heavy atom. The van der Waals surface area contributed by atoms with E-state index in [1.807, 2.05) is 0 Å². The second-order valence-corrected chi connectivity index (χ2v) is 12.4. The largest absolute Gasteiger partial charge is 0.394 e. The Morgan fingerprint density at radius 1 is 1.13 bits per heavy atom. The number of halogens is 4. The minimum absolute atomic E-state index is 0.109. The molecule has 2 bridgehead atoms. The lowest BCUT2D eigenvalue weighted by atomic mass is 9.77. The molecule has 0 saturated heterocycles. The van der Waals surface area contributed by atoms with Crippen LogP contribution in [0.1, 0.15) is 36.0 Å². The van der Waals surface area contributed by atoms with Gasteiger partial charge in [0.1, 0.15) is 6.10 Å². The van der Waals surface area contributed by atoms with Gasteiger partial charge in [0, 0.05) is 23.4 Å². The van der Waals surface area contributed by atoms with E-state index in [-0.39, 0.29) is 47.2 Å². The Balaban J connectivity index is 1.53. The number of ether oxygens (including phenoxy) is 1. The van der Waals surface area contributed by atoms with E-state index in [1.54, 1.807) is 0 Å². The third kappa shape index (κ3) is 5.85. The molecule has 8 nitrogen and oxygen atoms in total. The second kappa shape index (κ2) is 11.1. The molecule has 13 heteroatoms. The number of nitrogens with one attached hydrogen (secondary N) is 1. The number of rotatable bonds is 9. The zero-order valence-electron chi connectivity index (χ0n) is 20.0. The average molecular weight is 578 g/mol. The van der Waals surface area contributed by atoms with Gasteiger partial charge in [-0.3, -0.25) is 4.79 Å². The van der Waals surface area contributed by atoms with Gasteiger partial charge in [-0.25, -0.2) is 21.6 Å². The Morgan fingerprint density at radius 3 is 2.32 bits per heavy atom. The van der Waals surface area contributed by atoms with E-state index in [9.17, 15) is 36.6 Å². The van der Waals surface area contributed by atoms with E-state index in [2.05, 4.69) is 5.32 Å². The summed E-state index contributed by atoms with van der Waals surface area (Å²) in [6.45, 7) is -0.776. The predicted octanol–water partition coefficient (Wildman–Crippen LogP) is 3.07. The molecule has 2 aliphatic carbocycles. The van der Waals surface area contributed by atoms with Gasteiger partial charge in [0.15, 0.2) is 27.3 Å². The summed E-state index contributed by atoms with van der Waals surface area (Å²) in [4.78, 5) is 12.4. The molecule has 2 aromatic rings. The van der Waals surface area contributed by atoms with Crippen molar-refractivity contribution in [2.24, 2.45) is 11.8 Å². The van der Waals surface area contributed by atoms with Gasteiger partial charge in [0.05, 0.1) is 40.6 Å². The van der Waals surface area contributed by atoms with Crippen LogP contribution in [0.15, 0.2) is 35.2 Å². The first-order valence-electron chi connectivity index (χ1n) is 11.9. The van der Waals surface area contributed by atoms with Gasteiger partial charge in [-0.1, -0.05) is 11.6 Å². The van der Waals surface area contributed by atoms with Gasteiger partial charge < -0.3 is 25.4 Å². The van der Waals surface area contributed by atoms with Crippen LogP contribution in [0.5, 0.6) is 0 Å². The lowest BCUT2D eigenvalue weighted by Crippen LogP contribution is -2.48. The van der Waals surface area contributed by atoms with E-state index < -0.39 is 68.6 Å². The second-order valence-electron chi connectivity index (χ2n) is 9.94. The molecule has 1 amide bonds. The maximum atomic E-state index is 13.8. The fourth-order valence-electron chi connectivity index (χ4n) is 5.54. The van der Waals surface area contributed by atoms with Crippen LogP contribution in [0.4, 0.5) is 18.9 Å². The van der Waals surface area contributed by atoms with Crippen LogP contribution in [0.3, 0.4) is 0 Å². The fraction of sp³-hybridized carbons (Fsp3) is 0.480. The molecule has 2 fully saturated rings. The van der Waals surface area contributed by atoms with Crippen molar-refractivity contribution in [1.82, 2.24) is 0 Å². The molecule has 3 atom stereocenters. The van der Waals surface area contributed by atoms with Crippen molar-refractivity contribution >= 4 is 33.0 Å². The number of carbonyl (C=O) groups is 1. The molecule has 0 spiro atoms. The van der Waals surface area contributed by atoms with Crippen LogP contribution in [0, 0.1) is 29.3 Å². The number of aliphatic hydroxyl groups excluding tert-OH is 2. The van der Waals surface area contributed by atoms with Gasteiger partial charge in [-0.15, -0.1) is 0 Å². The van der Waals surface area contributed by atoms with Crippen molar-refractivity contribution in [3.05, 3.63) is 58.4 Å². The molecule has 0 aromatic heterocycles. The van der Waals surface area contributed by atoms with Crippen molar-refractivity contribution in [3.63, 3.8) is 0 Å². The monoisotopic (exact) mass is 577 g/mol. The Kier molecular flexibility index (Phi) is 8.41. The molecule has 3 unspecified atom stereocenters. The molecule has 2 aromatic carbocycles. The first-order valence-corrected chi connectivity index (χ1v) is 13.9. The third-order valence-electron chi connectivity index (χ3n) is 7.11. The lowest BCUT2D eigenvalue weighted by molar-refractivity contribution is -0.0986. The Hall–Kier alpha value is -2.22. The van der Waals surface area contributed by atoms with Gasteiger partial charge >= 0.3 is 0 Å². The highest BCUT2D eigenvalue weighted by Gasteiger charge is 2.54. The highest BCUT2D eigenvalue weighted by atomic mass is 35.5. The van der Waals surface area contributed by atoms with Crippen molar-refractivity contribution in [2.45, 2.75) is 47.5 Å². The van der Waals surface area contributed by atoms with Crippen LogP contribution >= 0.6 is 11.6 Å². The normalized spacial score (nSPS) is 25.8. The molecular weight excluding hydrogens is 551 g/mol. The maximum Gasteiger partial charge on any atom is 0.255 e. The van der Waals surface area contributed by atoms with E-state index in [0.717, 1.165) is 6.07 Å². The molecule has 0 heterocycles. The summed E-state index contributed by atoms with van der Waals surface area (Å²) >= 11 is 6.24. The van der Waals surface area contributed by atoms with Crippen LogP contribution in [0.2, 0.25) is 5.02 Å². The lowest BCUT2D eigenvalue weighted by Gasteiger charge is -2.40. The fourth-order valence-corrected chi connectivity index (χ4v) is 8.38. The standard InChI is InChI=1S/C25H27ClF3NO7S/c26-18-4-3-13(24(33)30-16-6-19(27)22(29)20(28)7-16)5-21(18)38(35,36)23-14-1-2-15(23)9-25(34,8-14)12-37-11-17(32)10-31/h3-7,14-15,17,23,31-32,34H,1-2,8-12H2,(H,30,33). The summed E-state index contributed by atoms with van der Waals surface area (Å²) in [5.74, 6) is -6.38. The number of amides is 1. The van der Waals surface area contributed by atoms with Crippen LogP contribution < -0.4 is 5.32 Å². The molecule has 4 rings (SSSR count). The number of hydrogen-bond acceptors (Lipinski definition) is 7. The van der Waals surface area contributed by atoms with Crippen molar-refractivity contribution < 1.29 is 46.4 Å². The summed E-state index contributed by atoms with van der Waals surface area (Å²) < 4.78 is 73.1. The van der Waals surface area contributed by atoms with Gasteiger partial charge in [-0.2, -0.15) is 0 Å². The average Bonchev–Trinajstić information content (AvgIpc) is 3.15. The number of sulfone groups is 1. The summed E-state index contributed by atoms with van der Waals surface area (Å²) in [6, 6.07) is 4.76. The Bertz CT molecular complexity index is 1290. The smallest absolute Gasteiger partial charge is 0.255 e. The predicted molar refractivity (Wildman–Crippen MR) is 131 cm³/mol. The zero-order chi connectivity index (χ0) is 27.8. The molecule has 208 valence electrons. The number of fused-ring (bicyclic) bond motifs is 2. The van der Waals surface area contributed by atoms with Crippen LogP contribution in [-0.2, 0) is 14.6 Å². The van der Waals surface area contributed by atoms with Crippen molar-refractivity contribution in [2.75, 3.05) is 25.1 Å². The molecule has 0 radical (unpaired) electrons. The van der Waals surface area contributed by atoms with E-state index in [0.29, 0.717) is 25.0 Å². The van der Waals surface area contributed by atoms with Crippen molar-refractivity contribution in [1.29, 1.82) is 0 Å². The van der Waals surface area contributed by atoms with Crippen molar-refractivity contribution in [3.8, 4) is 0 Å². The van der Waals surface area contributed by atoms with Gasteiger partial charge in [0.2, 0.25) is 0 Å². The SMILES string of the molecule is O=C(Nc1cc(F)c(F)c(F)c1)c1ccc(Cl)c(S(=O)(=O)C2C3CCC2CC(O)(COCC(O)CO)C3)c1. The highest BCUT2D eigenvalue weighted by Crippen LogP contribution is 2.51. The third-order valence-corrected chi connectivity index (χ3v) is 9.99. The van der Waals surface area contributed by atoms with Gasteiger partial charge in [0.25, 0.3) is 5.91 Å². The van der Waals surface area contributed by atoms with E-state index in [4.69, 9.17) is 21.4 Å². The number of benzene rings is 2. The van der Waals surface area contributed by atoms with Gasteiger partial charge in [-0.05, 0) is 55.7 Å². The molecule has 38 heavy (non-hydrogen) atoms. The van der Waals surface area contributed by atoms with Crippen LogP contribution in [-0.4, -0.2) is 66.4 Å².